The second kappa shape index (κ2) is 5.13. The van der Waals surface area contributed by atoms with E-state index in [0.717, 1.165) is 9.87 Å². The first-order valence-electron chi connectivity index (χ1n) is 6.10. The molecule has 6 heteroatoms. The highest BCUT2D eigenvalue weighted by Crippen LogP contribution is 2.27. The zero-order chi connectivity index (χ0) is 14.9. The van der Waals surface area contributed by atoms with Crippen molar-refractivity contribution in [2.45, 2.75) is 18.7 Å². The first kappa shape index (κ1) is 14.3. The lowest BCUT2D eigenvalue weighted by molar-refractivity contribution is 0.593. The Morgan fingerprint density at radius 2 is 1.90 bits per heavy atom. The average molecular weight is 291 g/mol. The molecule has 2 aromatic rings. The minimum Gasteiger partial charge on any atom is -0.398 e. The summed E-state index contributed by atoms with van der Waals surface area (Å²) in [5.41, 5.74) is 7.69. The van der Waals surface area contributed by atoms with E-state index in [0.29, 0.717) is 17.1 Å². The van der Waals surface area contributed by atoms with Gasteiger partial charge in [0.15, 0.2) is 0 Å². The Balaban J connectivity index is 2.57. The number of hydrogen-bond donors (Lipinski definition) is 1. The van der Waals surface area contributed by atoms with Gasteiger partial charge in [-0.2, -0.15) is 0 Å². The van der Waals surface area contributed by atoms with E-state index in [-0.39, 0.29) is 4.90 Å². The van der Waals surface area contributed by atoms with Gasteiger partial charge in [0.05, 0.1) is 4.90 Å². The highest BCUT2D eigenvalue weighted by Gasteiger charge is 2.25. The maximum absolute atomic E-state index is 12.7. The van der Waals surface area contributed by atoms with Gasteiger partial charge in [0.2, 0.25) is 0 Å². The molecule has 0 saturated heterocycles. The Hall–Kier alpha value is -2.08. The average Bonchev–Trinajstić information content (AvgIpc) is 2.42. The lowest BCUT2D eigenvalue weighted by Crippen LogP contribution is -2.28. The molecule has 1 aromatic carbocycles. The summed E-state index contributed by atoms with van der Waals surface area (Å²) in [4.78, 5) is 4.27. The molecule has 0 fully saturated rings. The van der Waals surface area contributed by atoms with E-state index >= 15 is 0 Å². The van der Waals surface area contributed by atoms with Crippen molar-refractivity contribution in [2.75, 3.05) is 17.1 Å². The summed E-state index contributed by atoms with van der Waals surface area (Å²) in [6.45, 7) is 3.52. The van der Waals surface area contributed by atoms with Gasteiger partial charge in [-0.3, -0.25) is 4.31 Å². The van der Waals surface area contributed by atoms with E-state index in [1.807, 2.05) is 6.92 Å². The van der Waals surface area contributed by atoms with Crippen LogP contribution in [0.25, 0.3) is 0 Å². The van der Waals surface area contributed by atoms with Crippen LogP contribution in [-0.2, 0) is 10.0 Å². The fraction of sp³-hybridized carbons (Fsp3) is 0.214. The molecule has 2 N–H and O–H groups in total. The smallest absolute Gasteiger partial charge is 0.265 e. The Morgan fingerprint density at radius 1 is 1.20 bits per heavy atom. The van der Waals surface area contributed by atoms with Crippen molar-refractivity contribution < 1.29 is 8.42 Å². The molecule has 1 heterocycles. The summed E-state index contributed by atoms with van der Waals surface area (Å²) in [6.07, 6.45) is 1.55. The van der Waals surface area contributed by atoms with Gasteiger partial charge in [-0.1, -0.05) is 6.07 Å². The number of nitrogen functional groups attached to an aromatic ring is 1. The van der Waals surface area contributed by atoms with Crippen LogP contribution in [0.15, 0.2) is 41.4 Å². The quantitative estimate of drug-likeness (QED) is 0.879. The summed E-state index contributed by atoms with van der Waals surface area (Å²) >= 11 is 0. The highest BCUT2D eigenvalue weighted by atomic mass is 32.2. The third-order valence-corrected chi connectivity index (χ3v) is 5.04. The van der Waals surface area contributed by atoms with Crippen LogP contribution in [0.4, 0.5) is 11.5 Å². The van der Waals surface area contributed by atoms with E-state index in [4.69, 9.17) is 5.73 Å². The second-order valence-electron chi connectivity index (χ2n) is 4.64. The first-order valence-corrected chi connectivity index (χ1v) is 7.54. The fourth-order valence-corrected chi connectivity index (χ4v) is 3.42. The standard InChI is InChI=1S/C14H17N3O2S/c1-10-8-12(15)11(2)13(9-10)20(18,19)17(3)14-6-4-5-7-16-14/h4-9H,15H2,1-3H3. The van der Waals surface area contributed by atoms with Crippen molar-refractivity contribution in [3.63, 3.8) is 0 Å². The van der Waals surface area contributed by atoms with Crippen LogP contribution in [0.5, 0.6) is 0 Å². The second-order valence-corrected chi connectivity index (χ2v) is 6.58. The zero-order valence-corrected chi connectivity index (χ0v) is 12.5. The van der Waals surface area contributed by atoms with Gasteiger partial charge in [0.1, 0.15) is 5.82 Å². The van der Waals surface area contributed by atoms with Crippen LogP contribution in [-0.4, -0.2) is 20.4 Å². The minimum atomic E-state index is -3.68. The number of sulfonamides is 1. The summed E-state index contributed by atoms with van der Waals surface area (Å²) < 4.78 is 26.5. The largest absolute Gasteiger partial charge is 0.398 e. The molecule has 0 unspecified atom stereocenters. The van der Waals surface area contributed by atoms with Gasteiger partial charge in [-0.15, -0.1) is 0 Å². The number of nitrogens with zero attached hydrogens (tertiary/aromatic N) is 2. The van der Waals surface area contributed by atoms with Gasteiger partial charge in [0.25, 0.3) is 10.0 Å². The molecule has 0 saturated carbocycles. The van der Waals surface area contributed by atoms with Crippen LogP contribution in [0, 0.1) is 13.8 Å². The number of aryl methyl sites for hydroxylation is 1. The molecule has 2 rings (SSSR count). The van der Waals surface area contributed by atoms with Crippen LogP contribution < -0.4 is 10.0 Å². The SMILES string of the molecule is Cc1cc(N)c(C)c(S(=O)(=O)N(C)c2ccccn2)c1. The number of aromatic nitrogens is 1. The molecule has 5 nitrogen and oxygen atoms in total. The van der Waals surface area contributed by atoms with E-state index < -0.39 is 10.0 Å². The van der Waals surface area contributed by atoms with Gasteiger partial charge in [-0.05, 0) is 49.2 Å². The lowest BCUT2D eigenvalue weighted by Gasteiger charge is -2.20. The Morgan fingerprint density at radius 3 is 2.50 bits per heavy atom. The summed E-state index contributed by atoms with van der Waals surface area (Å²) in [6, 6.07) is 8.51. The van der Waals surface area contributed by atoms with Crippen LogP contribution in [0.2, 0.25) is 0 Å². The molecule has 0 spiro atoms. The van der Waals surface area contributed by atoms with Gasteiger partial charge >= 0.3 is 0 Å². The predicted molar refractivity (Wildman–Crippen MR) is 80.2 cm³/mol. The molecular weight excluding hydrogens is 274 g/mol. The maximum Gasteiger partial charge on any atom is 0.265 e. The molecule has 1 aromatic heterocycles. The Kier molecular flexibility index (Phi) is 3.67. The predicted octanol–water partition coefficient (Wildman–Crippen LogP) is 2.11. The summed E-state index contributed by atoms with van der Waals surface area (Å²) in [7, 11) is -2.20. The van der Waals surface area contributed by atoms with Gasteiger partial charge < -0.3 is 5.73 Å². The van der Waals surface area contributed by atoms with Crippen molar-refractivity contribution in [3.8, 4) is 0 Å². The number of anilines is 2. The van der Waals surface area contributed by atoms with Crippen molar-refractivity contribution in [3.05, 3.63) is 47.7 Å². The molecule has 0 bridgehead atoms. The highest BCUT2D eigenvalue weighted by molar-refractivity contribution is 7.92. The molecule has 0 aliphatic heterocycles. The molecular formula is C14H17N3O2S. The third-order valence-electron chi connectivity index (χ3n) is 3.15. The molecule has 0 aliphatic carbocycles. The van der Waals surface area contributed by atoms with Crippen molar-refractivity contribution >= 4 is 21.5 Å². The van der Waals surface area contributed by atoms with Crippen LogP contribution >= 0.6 is 0 Å². The van der Waals surface area contributed by atoms with Crippen LogP contribution in [0.1, 0.15) is 11.1 Å². The van der Waals surface area contributed by atoms with Crippen LogP contribution in [0.3, 0.4) is 0 Å². The maximum atomic E-state index is 12.7. The molecule has 0 atom stereocenters. The molecule has 0 radical (unpaired) electrons. The fourth-order valence-electron chi connectivity index (χ4n) is 1.93. The molecule has 106 valence electrons. The Labute approximate surface area is 119 Å². The van der Waals surface area contributed by atoms with E-state index in [1.54, 1.807) is 43.5 Å². The van der Waals surface area contributed by atoms with Crippen molar-refractivity contribution in [1.29, 1.82) is 0 Å². The normalized spacial score (nSPS) is 11.3. The van der Waals surface area contributed by atoms with Crippen molar-refractivity contribution in [2.24, 2.45) is 0 Å². The van der Waals surface area contributed by atoms with E-state index in [9.17, 15) is 8.42 Å². The van der Waals surface area contributed by atoms with Gasteiger partial charge in [-0.25, -0.2) is 13.4 Å². The minimum absolute atomic E-state index is 0.211. The lowest BCUT2D eigenvalue weighted by atomic mass is 10.1. The number of nitrogens with two attached hydrogens (primary N) is 1. The number of rotatable bonds is 3. The topological polar surface area (TPSA) is 76.3 Å². The monoisotopic (exact) mass is 291 g/mol. The molecule has 0 amide bonds. The van der Waals surface area contributed by atoms with Crippen molar-refractivity contribution in [1.82, 2.24) is 4.98 Å². The summed E-state index contributed by atoms with van der Waals surface area (Å²) in [5, 5.41) is 0. The number of hydrogen-bond acceptors (Lipinski definition) is 4. The van der Waals surface area contributed by atoms with E-state index in [1.165, 1.54) is 7.05 Å². The first-order chi connectivity index (χ1) is 9.34. The third kappa shape index (κ3) is 2.46. The van der Waals surface area contributed by atoms with E-state index in [2.05, 4.69) is 4.98 Å². The Bertz CT molecular complexity index is 728. The molecule has 0 aliphatic rings. The van der Waals surface area contributed by atoms with Gasteiger partial charge in [0, 0.05) is 18.9 Å². The summed E-state index contributed by atoms with van der Waals surface area (Å²) in [5.74, 6) is 0.368. The number of benzene rings is 1. The number of pyridine rings is 1. The zero-order valence-electron chi connectivity index (χ0n) is 11.7. The molecule has 20 heavy (non-hydrogen) atoms.